The minimum absolute atomic E-state index is 0.127. The number of nitrogens with zero attached hydrogens (tertiary/aromatic N) is 3. The zero-order chi connectivity index (χ0) is 13.8. The minimum atomic E-state index is -1.15. The number of hydrogen-bond donors (Lipinski definition) is 1. The Hall–Kier alpha value is -2.70. The molecule has 0 spiro atoms. The van der Waals surface area contributed by atoms with E-state index in [1.807, 2.05) is 0 Å². The van der Waals surface area contributed by atoms with E-state index in [2.05, 4.69) is 15.0 Å². The molecule has 7 nitrogen and oxygen atoms in total. The van der Waals surface area contributed by atoms with Crippen LogP contribution in [0.4, 0.5) is 0 Å². The van der Waals surface area contributed by atoms with Crippen molar-refractivity contribution in [2.75, 3.05) is 14.2 Å². The maximum Gasteiger partial charge on any atom is 0.355 e. The highest BCUT2D eigenvalue weighted by molar-refractivity contribution is 5.92. The van der Waals surface area contributed by atoms with E-state index in [-0.39, 0.29) is 23.3 Å². The number of carboxylic acids is 1. The zero-order valence-electron chi connectivity index (χ0n) is 10.3. The second-order valence-corrected chi connectivity index (χ2v) is 3.48. The fourth-order valence-electron chi connectivity index (χ4n) is 1.49. The van der Waals surface area contributed by atoms with E-state index in [0.717, 1.165) is 0 Å². The van der Waals surface area contributed by atoms with Gasteiger partial charge in [-0.3, -0.25) is 0 Å². The van der Waals surface area contributed by atoms with Gasteiger partial charge in [0.15, 0.2) is 11.5 Å². The van der Waals surface area contributed by atoms with Crippen LogP contribution in [0.3, 0.4) is 0 Å². The van der Waals surface area contributed by atoms with Gasteiger partial charge in [-0.25, -0.2) is 9.78 Å². The van der Waals surface area contributed by atoms with E-state index in [4.69, 9.17) is 14.6 Å². The summed E-state index contributed by atoms with van der Waals surface area (Å²) in [6.07, 6.45) is 1.39. The Morgan fingerprint density at radius 3 is 2.37 bits per heavy atom. The van der Waals surface area contributed by atoms with Crippen molar-refractivity contribution in [3.63, 3.8) is 0 Å². The molecular formula is C12H11N3O4. The van der Waals surface area contributed by atoms with Crippen LogP contribution in [0.25, 0.3) is 11.4 Å². The average molecular weight is 261 g/mol. The van der Waals surface area contributed by atoms with Crippen LogP contribution in [0, 0.1) is 0 Å². The molecule has 2 aromatic rings. The molecule has 0 fully saturated rings. The molecule has 98 valence electrons. The van der Waals surface area contributed by atoms with Crippen molar-refractivity contribution in [1.29, 1.82) is 0 Å². The van der Waals surface area contributed by atoms with E-state index < -0.39 is 5.97 Å². The molecular weight excluding hydrogens is 250 g/mol. The maximum atomic E-state index is 11.1. The molecule has 7 heteroatoms. The summed E-state index contributed by atoms with van der Waals surface area (Å²) in [7, 11) is 2.90. The first-order chi connectivity index (χ1) is 9.15. The van der Waals surface area contributed by atoms with Crippen molar-refractivity contribution in [1.82, 2.24) is 15.0 Å². The topological polar surface area (TPSA) is 94.4 Å². The highest BCUT2D eigenvalue weighted by Gasteiger charge is 2.16. The lowest BCUT2D eigenvalue weighted by atomic mass is 10.2. The normalized spacial score (nSPS) is 10.0. The van der Waals surface area contributed by atoms with Gasteiger partial charge in [-0.05, 0) is 12.1 Å². The van der Waals surface area contributed by atoms with Crippen LogP contribution >= 0.6 is 0 Å². The number of rotatable bonds is 4. The first-order valence-corrected chi connectivity index (χ1v) is 5.31. The Morgan fingerprint density at radius 2 is 1.84 bits per heavy atom. The molecule has 0 unspecified atom stereocenters. The Labute approximate surface area is 108 Å². The number of pyridine rings is 1. The molecule has 0 bridgehead atoms. The van der Waals surface area contributed by atoms with Gasteiger partial charge in [0, 0.05) is 6.20 Å². The summed E-state index contributed by atoms with van der Waals surface area (Å²) >= 11 is 0. The summed E-state index contributed by atoms with van der Waals surface area (Å²) in [5, 5.41) is 9.10. The first-order valence-electron chi connectivity index (χ1n) is 5.31. The highest BCUT2D eigenvalue weighted by atomic mass is 16.5. The molecule has 1 N–H and O–H groups in total. The monoisotopic (exact) mass is 261 g/mol. The highest BCUT2D eigenvalue weighted by Crippen LogP contribution is 2.24. The van der Waals surface area contributed by atoms with E-state index in [1.165, 1.54) is 26.5 Å². The number of hydrogen-bond acceptors (Lipinski definition) is 6. The fourth-order valence-corrected chi connectivity index (χ4v) is 1.49. The van der Waals surface area contributed by atoms with Crippen molar-refractivity contribution in [3.8, 4) is 23.1 Å². The van der Waals surface area contributed by atoms with Gasteiger partial charge in [-0.1, -0.05) is 0 Å². The SMILES string of the molecule is COc1cc(OC)nc(-c2cccnc2C(=O)O)n1. The van der Waals surface area contributed by atoms with Crippen LogP contribution in [-0.4, -0.2) is 40.2 Å². The first kappa shape index (κ1) is 12.7. The van der Waals surface area contributed by atoms with Crippen LogP contribution in [0.15, 0.2) is 24.4 Å². The molecule has 19 heavy (non-hydrogen) atoms. The minimum Gasteiger partial charge on any atom is -0.481 e. The predicted molar refractivity (Wildman–Crippen MR) is 65.3 cm³/mol. The molecule has 0 aliphatic carbocycles. The number of carboxylic acid groups (broad SMARTS) is 1. The Balaban J connectivity index is 2.61. The molecule has 0 saturated carbocycles. The lowest BCUT2D eigenvalue weighted by Gasteiger charge is -2.07. The van der Waals surface area contributed by atoms with Crippen molar-refractivity contribution >= 4 is 5.97 Å². The van der Waals surface area contributed by atoms with Crippen LogP contribution in [-0.2, 0) is 0 Å². The zero-order valence-corrected chi connectivity index (χ0v) is 10.3. The van der Waals surface area contributed by atoms with Gasteiger partial charge in [0.2, 0.25) is 11.8 Å². The molecule has 0 atom stereocenters. The third kappa shape index (κ3) is 2.59. The Morgan fingerprint density at radius 1 is 1.21 bits per heavy atom. The molecule has 2 rings (SSSR count). The Kier molecular flexibility index (Phi) is 3.56. The van der Waals surface area contributed by atoms with Gasteiger partial charge in [-0.15, -0.1) is 0 Å². The van der Waals surface area contributed by atoms with Gasteiger partial charge < -0.3 is 14.6 Å². The third-order valence-electron chi connectivity index (χ3n) is 2.35. The summed E-state index contributed by atoms with van der Waals surface area (Å²) in [5.74, 6) is -0.410. The van der Waals surface area contributed by atoms with Gasteiger partial charge in [-0.2, -0.15) is 9.97 Å². The predicted octanol–water partition coefficient (Wildman–Crippen LogP) is 1.25. The summed E-state index contributed by atoms with van der Waals surface area (Å²) in [4.78, 5) is 23.1. The second-order valence-electron chi connectivity index (χ2n) is 3.48. The third-order valence-corrected chi connectivity index (χ3v) is 2.35. The average Bonchev–Trinajstić information content (AvgIpc) is 2.46. The molecule has 2 heterocycles. The fraction of sp³-hybridized carbons (Fsp3) is 0.167. The van der Waals surface area contributed by atoms with Gasteiger partial charge in [0.1, 0.15) is 0 Å². The van der Waals surface area contributed by atoms with E-state index in [0.29, 0.717) is 5.56 Å². The number of carbonyl (C=O) groups is 1. The number of ether oxygens (including phenoxy) is 2. The molecule has 0 radical (unpaired) electrons. The van der Waals surface area contributed by atoms with Crippen LogP contribution in [0.1, 0.15) is 10.5 Å². The van der Waals surface area contributed by atoms with Gasteiger partial charge in [0.25, 0.3) is 0 Å². The van der Waals surface area contributed by atoms with Crippen LogP contribution < -0.4 is 9.47 Å². The Bertz CT molecular complexity index is 593. The quantitative estimate of drug-likeness (QED) is 0.884. The maximum absolute atomic E-state index is 11.1. The van der Waals surface area contributed by atoms with Gasteiger partial charge >= 0.3 is 5.97 Å². The second kappa shape index (κ2) is 5.30. The van der Waals surface area contributed by atoms with Crippen molar-refractivity contribution in [3.05, 3.63) is 30.1 Å². The molecule has 0 aliphatic rings. The van der Waals surface area contributed by atoms with E-state index in [9.17, 15) is 4.79 Å². The summed E-state index contributed by atoms with van der Waals surface area (Å²) in [6.45, 7) is 0. The lowest BCUT2D eigenvalue weighted by Crippen LogP contribution is -2.05. The molecule has 0 aliphatic heterocycles. The van der Waals surface area contributed by atoms with Crippen LogP contribution in [0.2, 0.25) is 0 Å². The van der Waals surface area contributed by atoms with Crippen molar-refractivity contribution in [2.24, 2.45) is 0 Å². The summed E-state index contributed by atoms with van der Waals surface area (Å²) in [5.41, 5.74) is 0.171. The summed E-state index contributed by atoms with van der Waals surface area (Å²) < 4.78 is 10.0. The number of aromatic nitrogens is 3. The molecule has 2 aromatic heterocycles. The van der Waals surface area contributed by atoms with Gasteiger partial charge in [0.05, 0.1) is 25.8 Å². The number of methoxy groups -OCH3 is 2. The molecule has 0 aromatic carbocycles. The smallest absolute Gasteiger partial charge is 0.355 e. The summed E-state index contributed by atoms with van der Waals surface area (Å²) in [6, 6.07) is 4.68. The molecule has 0 amide bonds. The van der Waals surface area contributed by atoms with Crippen molar-refractivity contribution < 1.29 is 19.4 Å². The van der Waals surface area contributed by atoms with E-state index >= 15 is 0 Å². The largest absolute Gasteiger partial charge is 0.481 e. The number of aromatic carboxylic acids is 1. The van der Waals surface area contributed by atoms with Crippen LogP contribution in [0.5, 0.6) is 11.8 Å². The van der Waals surface area contributed by atoms with E-state index in [1.54, 1.807) is 12.1 Å². The van der Waals surface area contributed by atoms with Crippen molar-refractivity contribution in [2.45, 2.75) is 0 Å². The standard InChI is InChI=1S/C12H11N3O4/c1-18-8-6-9(19-2)15-11(14-8)7-4-3-5-13-10(7)12(16)17/h3-6H,1-2H3,(H,16,17). The lowest BCUT2D eigenvalue weighted by molar-refractivity contribution is 0.0691. The molecule has 0 saturated heterocycles.